The summed E-state index contributed by atoms with van der Waals surface area (Å²) in [5.74, 6) is 0.508. The Kier molecular flexibility index (Phi) is 6.63. The Balaban J connectivity index is 1.38. The van der Waals surface area contributed by atoms with Gasteiger partial charge >= 0.3 is 6.03 Å². The van der Waals surface area contributed by atoms with Gasteiger partial charge in [0.1, 0.15) is 0 Å². The molecule has 1 heterocycles. The number of amides is 2. The Hall–Kier alpha value is -2.37. The molecule has 2 aromatic rings. The fourth-order valence-electron chi connectivity index (χ4n) is 3.33. The van der Waals surface area contributed by atoms with Crippen LogP contribution in [0.5, 0.6) is 0 Å². The van der Waals surface area contributed by atoms with Crippen LogP contribution in [-0.2, 0) is 17.9 Å². The zero-order valence-electron chi connectivity index (χ0n) is 15.3. The number of likely N-dealkylation sites (tertiary alicyclic amines) is 1. The normalized spacial score (nSPS) is 17.2. The first kappa shape index (κ1) is 18.4. The van der Waals surface area contributed by atoms with Gasteiger partial charge in [0, 0.05) is 32.4 Å². The minimum absolute atomic E-state index is 0.147. The summed E-state index contributed by atoms with van der Waals surface area (Å²) in [5, 5.41) is 5.88. The summed E-state index contributed by atoms with van der Waals surface area (Å²) < 4.78 is 5.09. The van der Waals surface area contributed by atoms with E-state index in [4.69, 9.17) is 4.74 Å². The van der Waals surface area contributed by atoms with Gasteiger partial charge in [0.25, 0.3) is 0 Å². The van der Waals surface area contributed by atoms with Crippen LogP contribution in [0, 0.1) is 5.92 Å². The molecule has 0 aromatic heterocycles. The van der Waals surface area contributed by atoms with E-state index in [0.717, 1.165) is 37.3 Å². The molecule has 0 unspecified atom stereocenters. The predicted molar refractivity (Wildman–Crippen MR) is 104 cm³/mol. The number of nitrogens with zero attached hydrogens (tertiary/aromatic N) is 1. The maximum absolute atomic E-state index is 12.1. The maximum Gasteiger partial charge on any atom is 0.319 e. The number of carbonyl (C=O) groups excluding carboxylic acids is 1. The van der Waals surface area contributed by atoms with Gasteiger partial charge in [-0.15, -0.1) is 0 Å². The summed E-state index contributed by atoms with van der Waals surface area (Å²) in [6.45, 7) is 4.38. The average Bonchev–Trinajstić information content (AvgIpc) is 3.10. The first-order valence-corrected chi connectivity index (χ1v) is 9.12. The van der Waals surface area contributed by atoms with E-state index >= 15 is 0 Å². The molecule has 0 aliphatic carbocycles. The van der Waals surface area contributed by atoms with E-state index in [9.17, 15) is 4.79 Å². The second-order valence-electron chi connectivity index (χ2n) is 6.84. The average molecular weight is 353 g/mol. The van der Waals surface area contributed by atoms with E-state index in [0.29, 0.717) is 19.1 Å². The van der Waals surface area contributed by atoms with Gasteiger partial charge in [0.05, 0.1) is 6.61 Å². The van der Waals surface area contributed by atoms with E-state index in [1.807, 2.05) is 30.3 Å². The van der Waals surface area contributed by atoms with E-state index in [1.165, 1.54) is 5.56 Å². The lowest BCUT2D eigenvalue weighted by molar-refractivity contribution is 0.185. The summed E-state index contributed by atoms with van der Waals surface area (Å²) in [7, 11) is 1.67. The first-order valence-electron chi connectivity index (χ1n) is 9.12. The van der Waals surface area contributed by atoms with Crippen LogP contribution in [-0.4, -0.2) is 37.7 Å². The van der Waals surface area contributed by atoms with Gasteiger partial charge in [-0.05, 0) is 42.1 Å². The smallest absolute Gasteiger partial charge is 0.319 e. The second-order valence-corrected chi connectivity index (χ2v) is 6.84. The minimum atomic E-state index is -0.147. The largest absolute Gasteiger partial charge is 0.380 e. The summed E-state index contributed by atoms with van der Waals surface area (Å²) >= 11 is 0. The second kappa shape index (κ2) is 9.36. The standard InChI is InChI=1S/C21H27N3O2/c1-26-16-18-7-9-20(10-8-18)23-21(25)22-13-19-11-12-24(15-19)14-17-5-3-2-4-6-17/h2-10,19H,11-16H2,1H3,(H2,22,23,25)/t19-/m0/s1. The molecule has 0 saturated carbocycles. The number of ether oxygens (including phenoxy) is 1. The van der Waals surface area contributed by atoms with E-state index in [1.54, 1.807) is 7.11 Å². The van der Waals surface area contributed by atoms with Crippen LogP contribution in [0.2, 0.25) is 0 Å². The lowest BCUT2D eigenvalue weighted by Crippen LogP contribution is -2.34. The molecule has 1 fully saturated rings. The Morgan fingerprint density at radius 2 is 1.88 bits per heavy atom. The van der Waals surface area contributed by atoms with Crippen LogP contribution < -0.4 is 10.6 Å². The van der Waals surface area contributed by atoms with Crippen LogP contribution in [0.25, 0.3) is 0 Å². The highest BCUT2D eigenvalue weighted by Gasteiger charge is 2.22. The van der Waals surface area contributed by atoms with Crippen molar-refractivity contribution in [1.82, 2.24) is 10.2 Å². The van der Waals surface area contributed by atoms with Crippen molar-refractivity contribution in [1.29, 1.82) is 0 Å². The van der Waals surface area contributed by atoms with Crippen molar-refractivity contribution in [3.05, 3.63) is 65.7 Å². The Morgan fingerprint density at radius 3 is 2.62 bits per heavy atom. The molecule has 2 amide bonds. The summed E-state index contributed by atoms with van der Waals surface area (Å²) in [4.78, 5) is 14.5. The highest BCUT2D eigenvalue weighted by molar-refractivity contribution is 5.89. The fraction of sp³-hybridized carbons (Fsp3) is 0.381. The SMILES string of the molecule is COCc1ccc(NC(=O)NC[C@@H]2CCN(Cc3ccccc3)C2)cc1. The molecule has 0 bridgehead atoms. The highest BCUT2D eigenvalue weighted by atomic mass is 16.5. The molecule has 138 valence electrons. The number of hydrogen-bond donors (Lipinski definition) is 2. The van der Waals surface area contributed by atoms with Crippen molar-refractivity contribution in [2.45, 2.75) is 19.6 Å². The van der Waals surface area contributed by atoms with Crippen LogP contribution in [0.3, 0.4) is 0 Å². The van der Waals surface area contributed by atoms with Crippen LogP contribution >= 0.6 is 0 Å². The lowest BCUT2D eigenvalue weighted by atomic mass is 10.1. The van der Waals surface area contributed by atoms with Crippen molar-refractivity contribution in [2.75, 3.05) is 32.1 Å². The number of hydrogen-bond acceptors (Lipinski definition) is 3. The maximum atomic E-state index is 12.1. The molecule has 2 N–H and O–H groups in total. The summed E-state index contributed by atoms with van der Waals surface area (Å²) in [6.07, 6.45) is 1.12. The molecule has 1 aliphatic heterocycles. The lowest BCUT2D eigenvalue weighted by Gasteiger charge is -2.16. The third-order valence-corrected chi connectivity index (χ3v) is 4.69. The van der Waals surface area contributed by atoms with Crippen molar-refractivity contribution in [2.24, 2.45) is 5.92 Å². The predicted octanol–water partition coefficient (Wildman–Crippen LogP) is 3.48. The monoisotopic (exact) mass is 353 g/mol. The molecule has 1 atom stereocenters. The van der Waals surface area contributed by atoms with Crippen LogP contribution in [0.1, 0.15) is 17.5 Å². The van der Waals surface area contributed by atoms with Gasteiger partial charge in [0.2, 0.25) is 0 Å². The van der Waals surface area contributed by atoms with E-state index in [2.05, 4.69) is 39.8 Å². The molecule has 1 saturated heterocycles. The number of carbonyl (C=O) groups is 1. The number of rotatable bonds is 7. The highest BCUT2D eigenvalue weighted by Crippen LogP contribution is 2.18. The number of methoxy groups -OCH3 is 1. The summed E-state index contributed by atoms with van der Waals surface area (Å²) in [5.41, 5.74) is 3.22. The number of benzene rings is 2. The molecule has 0 radical (unpaired) electrons. The van der Waals surface area contributed by atoms with E-state index < -0.39 is 0 Å². The fourth-order valence-corrected chi connectivity index (χ4v) is 3.33. The molecule has 26 heavy (non-hydrogen) atoms. The molecule has 1 aliphatic rings. The van der Waals surface area contributed by atoms with Gasteiger partial charge in [0.15, 0.2) is 0 Å². The van der Waals surface area contributed by atoms with Crippen molar-refractivity contribution in [3.8, 4) is 0 Å². The number of anilines is 1. The first-order chi connectivity index (χ1) is 12.7. The summed E-state index contributed by atoms with van der Waals surface area (Å²) in [6, 6.07) is 18.1. The van der Waals surface area contributed by atoms with E-state index in [-0.39, 0.29) is 6.03 Å². The van der Waals surface area contributed by atoms with Gasteiger partial charge in [-0.1, -0.05) is 42.5 Å². The Morgan fingerprint density at radius 1 is 1.12 bits per heavy atom. The van der Waals surface area contributed by atoms with Crippen molar-refractivity contribution < 1.29 is 9.53 Å². The third kappa shape index (κ3) is 5.58. The molecular formula is C21H27N3O2. The van der Waals surface area contributed by atoms with Gasteiger partial charge in [-0.25, -0.2) is 4.79 Å². The minimum Gasteiger partial charge on any atom is -0.380 e. The Bertz CT molecular complexity index is 688. The van der Waals surface area contributed by atoms with Gasteiger partial charge < -0.3 is 15.4 Å². The molecule has 2 aromatic carbocycles. The number of urea groups is 1. The van der Waals surface area contributed by atoms with Gasteiger partial charge in [-0.3, -0.25) is 4.90 Å². The number of nitrogens with one attached hydrogen (secondary N) is 2. The molecule has 0 spiro atoms. The molecule has 3 rings (SSSR count). The quantitative estimate of drug-likeness (QED) is 0.801. The zero-order chi connectivity index (χ0) is 18.2. The van der Waals surface area contributed by atoms with Crippen LogP contribution in [0.15, 0.2) is 54.6 Å². The molecule has 5 heteroatoms. The topological polar surface area (TPSA) is 53.6 Å². The zero-order valence-corrected chi connectivity index (χ0v) is 15.3. The van der Waals surface area contributed by atoms with Gasteiger partial charge in [-0.2, -0.15) is 0 Å². The van der Waals surface area contributed by atoms with Crippen LogP contribution in [0.4, 0.5) is 10.5 Å². The van der Waals surface area contributed by atoms with Crippen molar-refractivity contribution >= 4 is 11.7 Å². The Labute approximate surface area is 155 Å². The molecule has 5 nitrogen and oxygen atoms in total. The van der Waals surface area contributed by atoms with Crippen molar-refractivity contribution in [3.63, 3.8) is 0 Å². The third-order valence-electron chi connectivity index (χ3n) is 4.69. The molecular weight excluding hydrogens is 326 g/mol.